The number of hydrogen-bond donors (Lipinski definition) is 1. The standard InChI is InChI=1S/C19H20ClN5O4S2/c1-11-16(12(2)29-24-11)31(27,28)25-9-5-6-13(10-25)17(26)21-19-23-22-18(30-19)14-7-3-4-8-15(14)20/h3-4,7-8,13H,5-6,9-10H2,1-2H3,(H,21,23,26). The van der Waals surface area contributed by atoms with Crippen molar-refractivity contribution in [3.8, 4) is 10.6 Å². The Morgan fingerprint density at radius 2 is 2.06 bits per heavy atom. The Kier molecular flexibility index (Phi) is 6.11. The molecule has 0 bridgehead atoms. The molecule has 9 nitrogen and oxygen atoms in total. The smallest absolute Gasteiger partial charge is 0.248 e. The van der Waals surface area contributed by atoms with Gasteiger partial charge in [-0.3, -0.25) is 4.79 Å². The summed E-state index contributed by atoms with van der Waals surface area (Å²) in [4.78, 5) is 12.9. The van der Waals surface area contributed by atoms with Gasteiger partial charge in [0.1, 0.15) is 10.6 Å². The van der Waals surface area contributed by atoms with E-state index in [4.69, 9.17) is 16.1 Å². The van der Waals surface area contributed by atoms with Crippen LogP contribution in [0.5, 0.6) is 0 Å². The lowest BCUT2D eigenvalue weighted by Gasteiger charge is -2.30. The lowest BCUT2D eigenvalue weighted by atomic mass is 9.99. The Morgan fingerprint density at radius 3 is 2.77 bits per heavy atom. The minimum Gasteiger partial charge on any atom is -0.360 e. The van der Waals surface area contributed by atoms with Gasteiger partial charge in [0.2, 0.25) is 21.1 Å². The highest BCUT2D eigenvalue weighted by Gasteiger charge is 2.36. The summed E-state index contributed by atoms with van der Waals surface area (Å²) in [6, 6.07) is 7.25. The minimum atomic E-state index is -3.80. The van der Waals surface area contributed by atoms with Crippen LogP contribution in [0.2, 0.25) is 5.02 Å². The molecule has 4 rings (SSSR count). The summed E-state index contributed by atoms with van der Waals surface area (Å²) in [7, 11) is -3.80. The van der Waals surface area contributed by atoms with Crippen LogP contribution in [0.25, 0.3) is 10.6 Å². The first-order valence-corrected chi connectivity index (χ1v) is 12.2. The number of aryl methyl sites for hydroxylation is 2. The van der Waals surface area contributed by atoms with Crippen LogP contribution in [0.4, 0.5) is 5.13 Å². The van der Waals surface area contributed by atoms with Crippen LogP contribution >= 0.6 is 22.9 Å². The highest BCUT2D eigenvalue weighted by atomic mass is 35.5. The number of aromatic nitrogens is 3. The Bertz CT molecular complexity index is 1200. The van der Waals surface area contributed by atoms with E-state index in [1.54, 1.807) is 19.9 Å². The van der Waals surface area contributed by atoms with E-state index in [1.165, 1.54) is 15.6 Å². The first-order valence-electron chi connectivity index (χ1n) is 9.59. The van der Waals surface area contributed by atoms with Gasteiger partial charge in [-0.25, -0.2) is 8.42 Å². The molecule has 1 aliphatic rings. The first-order chi connectivity index (χ1) is 14.8. The van der Waals surface area contributed by atoms with E-state index in [9.17, 15) is 13.2 Å². The summed E-state index contributed by atoms with van der Waals surface area (Å²) in [5.74, 6) is -0.554. The monoisotopic (exact) mass is 481 g/mol. The zero-order valence-corrected chi connectivity index (χ0v) is 19.2. The normalized spacial score (nSPS) is 17.6. The number of carbonyl (C=O) groups excluding carboxylic acids is 1. The van der Waals surface area contributed by atoms with Crippen molar-refractivity contribution in [2.45, 2.75) is 31.6 Å². The fourth-order valence-electron chi connectivity index (χ4n) is 3.57. The summed E-state index contributed by atoms with van der Waals surface area (Å²) < 4.78 is 32.5. The van der Waals surface area contributed by atoms with Crippen molar-refractivity contribution in [1.82, 2.24) is 19.7 Å². The molecule has 3 aromatic rings. The van der Waals surface area contributed by atoms with E-state index in [2.05, 4.69) is 20.7 Å². The second-order valence-corrected chi connectivity index (χ2v) is 10.5. The largest absolute Gasteiger partial charge is 0.360 e. The molecule has 1 fully saturated rings. The molecule has 1 saturated heterocycles. The molecule has 0 saturated carbocycles. The maximum absolute atomic E-state index is 13.1. The molecule has 1 unspecified atom stereocenters. The molecule has 0 aliphatic carbocycles. The van der Waals surface area contributed by atoms with Crippen LogP contribution in [-0.2, 0) is 14.8 Å². The molecular weight excluding hydrogens is 462 g/mol. The third kappa shape index (κ3) is 4.36. The Hall–Kier alpha value is -2.34. The zero-order chi connectivity index (χ0) is 22.2. The summed E-state index contributed by atoms with van der Waals surface area (Å²) in [6.07, 6.45) is 1.15. The molecule has 31 heavy (non-hydrogen) atoms. The number of hydrogen-bond acceptors (Lipinski definition) is 8. The number of nitrogens with one attached hydrogen (secondary N) is 1. The van der Waals surface area contributed by atoms with Crippen molar-refractivity contribution < 1.29 is 17.7 Å². The highest BCUT2D eigenvalue weighted by molar-refractivity contribution is 7.89. The van der Waals surface area contributed by atoms with E-state index in [1.807, 2.05) is 18.2 Å². The van der Waals surface area contributed by atoms with Gasteiger partial charge >= 0.3 is 0 Å². The third-order valence-electron chi connectivity index (χ3n) is 5.08. The number of amides is 1. The Balaban J connectivity index is 1.47. The number of anilines is 1. The molecular formula is C19H20ClN5O4S2. The van der Waals surface area contributed by atoms with E-state index in [0.717, 1.165) is 5.56 Å². The molecule has 3 heterocycles. The number of piperidine rings is 1. The fraction of sp³-hybridized carbons (Fsp3) is 0.368. The maximum atomic E-state index is 13.1. The predicted octanol–water partition coefficient (Wildman–Crippen LogP) is 3.50. The van der Waals surface area contributed by atoms with Crippen molar-refractivity contribution in [3.05, 3.63) is 40.7 Å². The average molecular weight is 482 g/mol. The van der Waals surface area contributed by atoms with Crippen LogP contribution in [0.3, 0.4) is 0 Å². The lowest BCUT2D eigenvalue weighted by molar-refractivity contribution is -0.120. The van der Waals surface area contributed by atoms with Gasteiger partial charge in [-0.05, 0) is 32.8 Å². The second-order valence-electron chi connectivity index (χ2n) is 7.24. The van der Waals surface area contributed by atoms with E-state index in [-0.39, 0.29) is 23.1 Å². The number of carbonyl (C=O) groups is 1. The number of sulfonamides is 1. The second kappa shape index (κ2) is 8.65. The SMILES string of the molecule is Cc1noc(C)c1S(=O)(=O)N1CCCC(C(=O)Nc2nnc(-c3ccccc3Cl)s2)C1. The van der Waals surface area contributed by atoms with Gasteiger partial charge in [-0.2, -0.15) is 4.31 Å². The number of nitrogens with zero attached hydrogens (tertiary/aromatic N) is 4. The fourth-order valence-corrected chi connectivity index (χ4v) is 6.45. The maximum Gasteiger partial charge on any atom is 0.248 e. The number of halogens is 1. The summed E-state index contributed by atoms with van der Waals surface area (Å²) in [5.41, 5.74) is 1.04. The van der Waals surface area contributed by atoms with Gasteiger partial charge in [0.15, 0.2) is 10.8 Å². The van der Waals surface area contributed by atoms with Crippen molar-refractivity contribution in [2.24, 2.45) is 5.92 Å². The number of rotatable bonds is 5. The molecule has 12 heteroatoms. The molecule has 1 aliphatic heterocycles. The van der Waals surface area contributed by atoms with Gasteiger partial charge in [-0.1, -0.05) is 46.3 Å². The van der Waals surface area contributed by atoms with Crippen LogP contribution in [0.15, 0.2) is 33.7 Å². The van der Waals surface area contributed by atoms with Crippen LogP contribution < -0.4 is 5.32 Å². The minimum absolute atomic E-state index is 0.0714. The Morgan fingerprint density at radius 1 is 1.29 bits per heavy atom. The lowest BCUT2D eigenvalue weighted by Crippen LogP contribution is -2.43. The molecule has 2 aromatic heterocycles. The first kappa shape index (κ1) is 21.9. The molecule has 1 N–H and O–H groups in total. The van der Waals surface area contributed by atoms with Gasteiger partial charge in [-0.15, -0.1) is 10.2 Å². The van der Waals surface area contributed by atoms with E-state index >= 15 is 0 Å². The van der Waals surface area contributed by atoms with Crippen LogP contribution in [0.1, 0.15) is 24.3 Å². The van der Waals surface area contributed by atoms with Crippen molar-refractivity contribution in [2.75, 3.05) is 18.4 Å². The average Bonchev–Trinajstić information content (AvgIpc) is 3.34. The van der Waals surface area contributed by atoms with Gasteiger partial charge in [0, 0.05) is 18.7 Å². The summed E-state index contributed by atoms with van der Waals surface area (Å²) in [6.45, 7) is 3.57. The summed E-state index contributed by atoms with van der Waals surface area (Å²) >= 11 is 7.41. The van der Waals surface area contributed by atoms with Gasteiger partial charge in [0.05, 0.1) is 10.9 Å². The van der Waals surface area contributed by atoms with Crippen molar-refractivity contribution in [1.29, 1.82) is 0 Å². The molecule has 1 atom stereocenters. The van der Waals surface area contributed by atoms with Crippen LogP contribution in [-0.4, -0.2) is 47.1 Å². The number of benzene rings is 1. The molecule has 0 radical (unpaired) electrons. The third-order valence-corrected chi connectivity index (χ3v) is 8.39. The van der Waals surface area contributed by atoms with Gasteiger partial charge in [0.25, 0.3) is 0 Å². The summed E-state index contributed by atoms with van der Waals surface area (Å²) in [5, 5.41) is 16.1. The van der Waals surface area contributed by atoms with Crippen molar-refractivity contribution in [3.63, 3.8) is 0 Å². The quantitative estimate of drug-likeness (QED) is 0.592. The van der Waals surface area contributed by atoms with Crippen molar-refractivity contribution >= 4 is 44.0 Å². The zero-order valence-electron chi connectivity index (χ0n) is 16.8. The van der Waals surface area contributed by atoms with E-state index < -0.39 is 15.9 Å². The Labute approximate surface area is 188 Å². The van der Waals surface area contributed by atoms with Gasteiger partial charge < -0.3 is 9.84 Å². The molecule has 0 spiro atoms. The molecule has 164 valence electrons. The molecule has 1 amide bonds. The van der Waals surface area contributed by atoms with Crippen LogP contribution in [0, 0.1) is 19.8 Å². The van der Waals surface area contributed by atoms with E-state index in [0.29, 0.717) is 40.2 Å². The highest BCUT2D eigenvalue weighted by Crippen LogP contribution is 2.32. The predicted molar refractivity (Wildman–Crippen MR) is 116 cm³/mol. The molecule has 1 aromatic carbocycles. The topological polar surface area (TPSA) is 118 Å².